The molecular weight excluding hydrogens is 248 g/mol. The minimum atomic E-state index is 0.319. The first kappa shape index (κ1) is 19.4. The van der Waals surface area contributed by atoms with Crippen LogP contribution in [0.3, 0.4) is 0 Å². The van der Waals surface area contributed by atoms with E-state index in [-0.39, 0.29) is 0 Å². The number of hydrogen-bond donors (Lipinski definition) is 1. The van der Waals surface area contributed by atoms with E-state index in [4.69, 9.17) is 0 Å². The number of amides is 1. The first-order valence-corrected chi connectivity index (χ1v) is 8.67. The van der Waals surface area contributed by atoms with Crippen LogP contribution in [0.2, 0.25) is 0 Å². The number of hydrogen-bond acceptors (Lipinski definition) is 2. The normalized spacial score (nSPS) is 10.8. The Morgan fingerprint density at radius 3 is 2.15 bits per heavy atom. The second-order valence-electron chi connectivity index (χ2n) is 5.79. The Hall–Kier alpha value is -0.570. The predicted molar refractivity (Wildman–Crippen MR) is 88.0 cm³/mol. The Bertz CT molecular complexity index is 219. The molecule has 0 aliphatic heterocycles. The Morgan fingerprint density at radius 2 is 1.45 bits per heavy atom. The van der Waals surface area contributed by atoms with Gasteiger partial charge in [-0.05, 0) is 38.8 Å². The summed E-state index contributed by atoms with van der Waals surface area (Å²) in [6.07, 6.45) is 11.6. The van der Waals surface area contributed by atoms with Crippen molar-refractivity contribution in [3.05, 3.63) is 0 Å². The van der Waals surface area contributed by atoms with E-state index in [1.165, 1.54) is 38.5 Å². The Labute approximate surface area is 126 Å². The molecule has 0 saturated carbocycles. The van der Waals surface area contributed by atoms with Gasteiger partial charge in [0.2, 0.25) is 5.91 Å². The minimum absolute atomic E-state index is 0.319. The van der Waals surface area contributed by atoms with Crippen molar-refractivity contribution in [2.24, 2.45) is 0 Å². The molecule has 0 fully saturated rings. The van der Waals surface area contributed by atoms with Crippen molar-refractivity contribution in [2.45, 2.75) is 78.1 Å². The average molecular weight is 284 g/mol. The summed E-state index contributed by atoms with van der Waals surface area (Å²) in [5.74, 6) is 0.319. The van der Waals surface area contributed by atoms with E-state index in [1.54, 1.807) is 0 Å². The molecule has 1 N–H and O–H groups in total. The van der Waals surface area contributed by atoms with E-state index in [0.29, 0.717) is 5.91 Å². The molecule has 0 atom stereocenters. The number of rotatable bonds is 14. The van der Waals surface area contributed by atoms with Gasteiger partial charge in [-0.1, -0.05) is 46.0 Å². The van der Waals surface area contributed by atoms with E-state index in [0.717, 1.165) is 45.3 Å². The van der Waals surface area contributed by atoms with Gasteiger partial charge in [0.15, 0.2) is 0 Å². The van der Waals surface area contributed by atoms with Crippen LogP contribution in [0.1, 0.15) is 78.1 Å². The first-order valence-electron chi connectivity index (χ1n) is 8.67. The van der Waals surface area contributed by atoms with Crippen LogP contribution >= 0.6 is 0 Å². The summed E-state index contributed by atoms with van der Waals surface area (Å²) in [6.45, 7) is 7.62. The summed E-state index contributed by atoms with van der Waals surface area (Å²) in [5.41, 5.74) is 0. The number of nitrogens with zero attached hydrogens (tertiary/aromatic N) is 1. The van der Waals surface area contributed by atoms with Gasteiger partial charge in [0.25, 0.3) is 0 Å². The zero-order valence-corrected chi connectivity index (χ0v) is 14.0. The molecular formula is C17H36N2O. The summed E-state index contributed by atoms with van der Waals surface area (Å²) in [5, 5.41) is 3.47. The summed E-state index contributed by atoms with van der Waals surface area (Å²) in [6, 6.07) is 0. The molecule has 0 aromatic rings. The Kier molecular flexibility index (Phi) is 14.4. The number of carbonyl (C=O) groups is 1. The molecule has 0 saturated heterocycles. The second kappa shape index (κ2) is 14.8. The molecule has 3 nitrogen and oxygen atoms in total. The summed E-state index contributed by atoms with van der Waals surface area (Å²) in [7, 11) is 1.93. The van der Waals surface area contributed by atoms with Gasteiger partial charge in [0, 0.05) is 20.0 Å². The van der Waals surface area contributed by atoms with Gasteiger partial charge in [-0.25, -0.2) is 0 Å². The molecule has 0 heterocycles. The van der Waals surface area contributed by atoms with Crippen molar-refractivity contribution >= 4 is 5.91 Å². The summed E-state index contributed by atoms with van der Waals surface area (Å²) in [4.78, 5) is 13.7. The third-order valence-electron chi connectivity index (χ3n) is 3.72. The molecule has 20 heavy (non-hydrogen) atoms. The van der Waals surface area contributed by atoms with Crippen LogP contribution in [0, 0.1) is 0 Å². The molecule has 0 aliphatic carbocycles. The highest BCUT2D eigenvalue weighted by Gasteiger charge is 2.06. The summed E-state index contributed by atoms with van der Waals surface area (Å²) < 4.78 is 0. The third kappa shape index (κ3) is 12.5. The first-order chi connectivity index (χ1) is 9.72. The van der Waals surface area contributed by atoms with Crippen molar-refractivity contribution in [1.29, 1.82) is 0 Å². The fourth-order valence-corrected chi connectivity index (χ4v) is 2.19. The molecule has 0 aliphatic rings. The highest BCUT2D eigenvalue weighted by molar-refractivity contribution is 5.75. The fraction of sp³-hybridized carbons (Fsp3) is 0.941. The van der Waals surface area contributed by atoms with E-state index in [1.807, 2.05) is 11.9 Å². The largest absolute Gasteiger partial charge is 0.346 e. The van der Waals surface area contributed by atoms with Crippen molar-refractivity contribution in [3.63, 3.8) is 0 Å². The molecule has 0 unspecified atom stereocenters. The van der Waals surface area contributed by atoms with E-state index in [9.17, 15) is 4.79 Å². The maximum Gasteiger partial charge on any atom is 0.222 e. The predicted octanol–water partition coefficient (Wildman–Crippen LogP) is 3.98. The zero-order valence-electron chi connectivity index (χ0n) is 14.0. The molecule has 0 aromatic heterocycles. The monoisotopic (exact) mass is 284 g/mol. The molecule has 1 amide bonds. The molecule has 0 bridgehead atoms. The maximum atomic E-state index is 11.8. The van der Waals surface area contributed by atoms with Crippen LogP contribution in [0.25, 0.3) is 0 Å². The molecule has 0 radical (unpaired) electrons. The van der Waals surface area contributed by atoms with Gasteiger partial charge in [-0.3, -0.25) is 4.79 Å². The van der Waals surface area contributed by atoms with Crippen LogP contribution in [-0.2, 0) is 4.79 Å². The van der Waals surface area contributed by atoms with Crippen LogP contribution < -0.4 is 5.32 Å². The van der Waals surface area contributed by atoms with Gasteiger partial charge >= 0.3 is 0 Å². The summed E-state index contributed by atoms with van der Waals surface area (Å²) >= 11 is 0. The average Bonchev–Trinajstić information content (AvgIpc) is 2.46. The van der Waals surface area contributed by atoms with Crippen molar-refractivity contribution in [2.75, 3.05) is 26.7 Å². The van der Waals surface area contributed by atoms with Gasteiger partial charge in [0.1, 0.15) is 0 Å². The van der Waals surface area contributed by atoms with Crippen LogP contribution in [-0.4, -0.2) is 37.5 Å². The Morgan fingerprint density at radius 1 is 0.850 bits per heavy atom. The van der Waals surface area contributed by atoms with Crippen molar-refractivity contribution in [3.8, 4) is 0 Å². The van der Waals surface area contributed by atoms with E-state index in [2.05, 4.69) is 19.2 Å². The van der Waals surface area contributed by atoms with Crippen LogP contribution in [0.5, 0.6) is 0 Å². The number of nitrogens with one attached hydrogen (secondary N) is 1. The van der Waals surface area contributed by atoms with Crippen LogP contribution in [0.4, 0.5) is 0 Å². The lowest BCUT2D eigenvalue weighted by Crippen LogP contribution is -2.27. The topological polar surface area (TPSA) is 32.3 Å². The number of unbranched alkanes of at least 4 members (excludes halogenated alkanes) is 6. The molecule has 0 rings (SSSR count). The van der Waals surface area contributed by atoms with Gasteiger partial charge < -0.3 is 10.2 Å². The minimum Gasteiger partial charge on any atom is -0.346 e. The smallest absolute Gasteiger partial charge is 0.222 e. The van der Waals surface area contributed by atoms with Gasteiger partial charge in [-0.2, -0.15) is 0 Å². The quantitative estimate of drug-likeness (QED) is 0.489. The van der Waals surface area contributed by atoms with Gasteiger partial charge in [-0.15, -0.1) is 0 Å². The standard InChI is InChI=1S/C17H36N2O/c1-4-6-14-18-15-12-10-8-9-11-13-17(20)19(3)16-7-5-2/h18H,4-16H2,1-3H3. The SMILES string of the molecule is CCCCNCCCCCCCC(=O)N(C)CCCC. The maximum absolute atomic E-state index is 11.8. The fourth-order valence-electron chi connectivity index (χ4n) is 2.19. The van der Waals surface area contributed by atoms with E-state index >= 15 is 0 Å². The number of carbonyl (C=O) groups excluding carboxylic acids is 1. The van der Waals surface area contributed by atoms with Crippen LogP contribution in [0.15, 0.2) is 0 Å². The lowest BCUT2D eigenvalue weighted by Gasteiger charge is -2.16. The van der Waals surface area contributed by atoms with Gasteiger partial charge in [0.05, 0.1) is 0 Å². The molecule has 0 spiro atoms. The zero-order chi connectivity index (χ0) is 15.1. The molecule has 120 valence electrons. The second-order valence-corrected chi connectivity index (χ2v) is 5.79. The highest BCUT2D eigenvalue weighted by Crippen LogP contribution is 2.07. The Balaban J connectivity index is 3.24. The molecule has 0 aromatic carbocycles. The molecule has 3 heteroatoms. The van der Waals surface area contributed by atoms with Crippen molar-refractivity contribution < 1.29 is 4.79 Å². The lowest BCUT2D eigenvalue weighted by atomic mass is 10.1. The van der Waals surface area contributed by atoms with E-state index < -0.39 is 0 Å². The highest BCUT2D eigenvalue weighted by atomic mass is 16.2. The van der Waals surface area contributed by atoms with Crippen molar-refractivity contribution in [1.82, 2.24) is 10.2 Å². The lowest BCUT2D eigenvalue weighted by molar-refractivity contribution is -0.130. The third-order valence-corrected chi connectivity index (χ3v) is 3.72.